The molecule has 1 amide bonds. The lowest BCUT2D eigenvalue weighted by atomic mass is 10.2. The van der Waals surface area contributed by atoms with Gasteiger partial charge in [-0.15, -0.1) is 0 Å². The number of carbonyl (C=O) groups excluding carboxylic acids is 2. The molecule has 0 N–H and O–H groups in total. The number of esters is 1. The summed E-state index contributed by atoms with van der Waals surface area (Å²) in [5.74, 6) is -0.258. The molecule has 1 aliphatic heterocycles. The molecule has 154 valence electrons. The largest absolute Gasteiger partial charge is 0.482 e. The van der Waals surface area contributed by atoms with Crippen LogP contribution in [0, 0.1) is 6.92 Å². The highest BCUT2D eigenvalue weighted by atomic mass is 35.5. The molecule has 0 aliphatic carbocycles. The summed E-state index contributed by atoms with van der Waals surface area (Å²) in [5, 5.41) is 1.28. The molecule has 1 aliphatic rings. The van der Waals surface area contributed by atoms with E-state index < -0.39 is 5.97 Å². The van der Waals surface area contributed by atoms with Crippen LogP contribution in [0.1, 0.15) is 5.56 Å². The van der Waals surface area contributed by atoms with Crippen molar-refractivity contribution in [2.75, 3.05) is 44.3 Å². The number of piperazine rings is 1. The standard InChI is InChI=1S/C21H22Cl2N2O4/c1-15-11-17(23)5-6-19(15)28-14-21(27)29-13-20(26)25-9-7-24(8-10-25)18-4-2-3-16(22)12-18/h2-6,11-12H,7-10,13-14H2,1H3. The van der Waals surface area contributed by atoms with Crippen molar-refractivity contribution < 1.29 is 19.1 Å². The number of hydrogen-bond donors (Lipinski definition) is 0. The quantitative estimate of drug-likeness (QED) is 0.647. The van der Waals surface area contributed by atoms with Gasteiger partial charge in [0, 0.05) is 41.9 Å². The van der Waals surface area contributed by atoms with Crippen LogP contribution in [0.25, 0.3) is 0 Å². The van der Waals surface area contributed by atoms with Crippen LogP contribution in [0.5, 0.6) is 5.75 Å². The molecule has 0 saturated carbocycles. The summed E-state index contributed by atoms with van der Waals surface area (Å²) >= 11 is 11.9. The normalized spacial score (nSPS) is 13.9. The molecule has 1 fully saturated rings. The van der Waals surface area contributed by atoms with E-state index in [9.17, 15) is 9.59 Å². The minimum absolute atomic E-state index is 0.216. The van der Waals surface area contributed by atoms with Crippen LogP contribution in [-0.4, -0.2) is 56.2 Å². The van der Waals surface area contributed by atoms with Crippen LogP contribution in [0.15, 0.2) is 42.5 Å². The van der Waals surface area contributed by atoms with Gasteiger partial charge < -0.3 is 19.3 Å². The van der Waals surface area contributed by atoms with E-state index in [2.05, 4.69) is 4.90 Å². The first kappa shape index (κ1) is 21.3. The number of anilines is 1. The highest BCUT2D eigenvalue weighted by Crippen LogP contribution is 2.22. The SMILES string of the molecule is Cc1cc(Cl)ccc1OCC(=O)OCC(=O)N1CCN(c2cccc(Cl)c2)CC1. The molecule has 6 nitrogen and oxygen atoms in total. The van der Waals surface area contributed by atoms with Gasteiger partial charge in [0.05, 0.1) is 0 Å². The molecule has 0 bridgehead atoms. The third-order valence-electron chi connectivity index (χ3n) is 4.64. The molecule has 1 saturated heterocycles. The number of hydrogen-bond acceptors (Lipinski definition) is 5. The fraction of sp³-hybridized carbons (Fsp3) is 0.333. The zero-order valence-corrected chi connectivity index (χ0v) is 17.6. The number of halogens is 2. The Hall–Kier alpha value is -2.44. The van der Waals surface area contributed by atoms with Crippen molar-refractivity contribution in [3.8, 4) is 5.75 Å². The van der Waals surface area contributed by atoms with Gasteiger partial charge in [0.25, 0.3) is 5.91 Å². The fourth-order valence-corrected chi connectivity index (χ4v) is 3.48. The number of carbonyl (C=O) groups is 2. The Morgan fingerprint density at radius 2 is 1.69 bits per heavy atom. The highest BCUT2D eigenvalue weighted by molar-refractivity contribution is 6.31. The van der Waals surface area contributed by atoms with E-state index in [0.717, 1.165) is 11.3 Å². The molecule has 0 atom stereocenters. The predicted molar refractivity (Wildman–Crippen MR) is 113 cm³/mol. The predicted octanol–water partition coefficient (Wildman–Crippen LogP) is 3.57. The van der Waals surface area contributed by atoms with E-state index in [1.165, 1.54) is 0 Å². The first-order chi connectivity index (χ1) is 13.9. The van der Waals surface area contributed by atoms with Crippen molar-refractivity contribution in [2.24, 2.45) is 0 Å². The molecule has 8 heteroatoms. The van der Waals surface area contributed by atoms with Gasteiger partial charge in [-0.25, -0.2) is 4.79 Å². The Kier molecular flexibility index (Phi) is 7.23. The number of benzene rings is 2. The third-order valence-corrected chi connectivity index (χ3v) is 5.12. The lowest BCUT2D eigenvalue weighted by Gasteiger charge is -2.36. The van der Waals surface area contributed by atoms with E-state index in [1.807, 2.05) is 31.2 Å². The van der Waals surface area contributed by atoms with Crippen molar-refractivity contribution in [3.05, 3.63) is 58.1 Å². The van der Waals surface area contributed by atoms with Crippen LogP contribution in [-0.2, 0) is 14.3 Å². The smallest absolute Gasteiger partial charge is 0.344 e. The second-order valence-corrected chi connectivity index (χ2v) is 7.58. The minimum atomic E-state index is -0.592. The maximum absolute atomic E-state index is 12.3. The Balaban J connectivity index is 1.40. The van der Waals surface area contributed by atoms with Crippen LogP contribution in [0.4, 0.5) is 5.69 Å². The van der Waals surface area contributed by atoms with Crippen LogP contribution >= 0.6 is 23.2 Å². The Bertz CT molecular complexity index is 883. The summed E-state index contributed by atoms with van der Waals surface area (Å²) in [6, 6.07) is 12.8. The molecule has 3 rings (SSSR count). The minimum Gasteiger partial charge on any atom is -0.482 e. The van der Waals surface area contributed by atoms with E-state index in [4.69, 9.17) is 32.7 Å². The van der Waals surface area contributed by atoms with E-state index in [1.54, 1.807) is 23.1 Å². The maximum atomic E-state index is 12.3. The summed E-state index contributed by atoms with van der Waals surface area (Å²) in [7, 11) is 0. The molecule has 2 aromatic carbocycles. The number of ether oxygens (including phenoxy) is 2. The van der Waals surface area contributed by atoms with Crippen molar-refractivity contribution in [2.45, 2.75) is 6.92 Å². The molecule has 0 unspecified atom stereocenters. The zero-order chi connectivity index (χ0) is 20.8. The number of amides is 1. The summed E-state index contributed by atoms with van der Waals surface area (Å²) in [4.78, 5) is 28.1. The van der Waals surface area contributed by atoms with Crippen molar-refractivity contribution >= 4 is 40.8 Å². The maximum Gasteiger partial charge on any atom is 0.344 e. The number of nitrogens with zero attached hydrogens (tertiary/aromatic N) is 2. The summed E-state index contributed by atoms with van der Waals surface area (Å²) in [5.41, 5.74) is 1.85. The van der Waals surface area contributed by atoms with Crippen LogP contribution in [0.3, 0.4) is 0 Å². The van der Waals surface area contributed by atoms with Gasteiger partial charge in [-0.1, -0.05) is 29.3 Å². The monoisotopic (exact) mass is 436 g/mol. The summed E-state index contributed by atoms with van der Waals surface area (Å²) in [6.45, 7) is 3.78. The lowest BCUT2D eigenvalue weighted by Crippen LogP contribution is -2.50. The average Bonchev–Trinajstić information content (AvgIpc) is 2.71. The summed E-state index contributed by atoms with van der Waals surface area (Å²) < 4.78 is 10.5. The molecular weight excluding hydrogens is 415 g/mol. The van der Waals surface area contributed by atoms with Gasteiger partial charge in [-0.3, -0.25) is 4.79 Å². The second-order valence-electron chi connectivity index (χ2n) is 6.71. The van der Waals surface area contributed by atoms with Gasteiger partial charge in [0.2, 0.25) is 0 Å². The molecule has 0 aromatic heterocycles. The number of rotatable bonds is 6. The Morgan fingerprint density at radius 3 is 2.38 bits per heavy atom. The fourth-order valence-electron chi connectivity index (χ4n) is 3.07. The average molecular weight is 437 g/mol. The molecule has 29 heavy (non-hydrogen) atoms. The van der Waals surface area contributed by atoms with Gasteiger partial charge in [0.1, 0.15) is 5.75 Å². The van der Waals surface area contributed by atoms with E-state index in [-0.39, 0.29) is 19.1 Å². The van der Waals surface area contributed by atoms with Crippen molar-refractivity contribution in [3.63, 3.8) is 0 Å². The van der Waals surface area contributed by atoms with Crippen molar-refractivity contribution in [1.29, 1.82) is 0 Å². The molecular formula is C21H22Cl2N2O4. The molecule has 2 aromatic rings. The Morgan fingerprint density at radius 1 is 0.966 bits per heavy atom. The first-order valence-electron chi connectivity index (χ1n) is 9.25. The van der Waals surface area contributed by atoms with Crippen LogP contribution in [0.2, 0.25) is 10.0 Å². The first-order valence-corrected chi connectivity index (χ1v) is 10.0. The third kappa shape index (κ3) is 6.02. The van der Waals surface area contributed by atoms with Crippen molar-refractivity contribution in [1.82, 2.24) is 4.90 Å². The molecule has 0 spiro atoms. The summed E-state index contributed by atoms with van der Waals surface area (Å²) in [6.07, 6.45) is 0. The second kappa shape index (κ2) is 9.85. The molecule has 1 heterocycles. The van der Waals surface area contributed by atoms with Gasteiger partial charge in [-0.05, 0) is 48.9 Å². The van der Waals surface area contributed by atoms with E-state index in [0.29, 0.717) is 42.0 Å². The lowest BCUT2D eigenvalue weighted by molar-refractivity contribution is -0.153. The number of aryl methyl sites for hydroxylation is 1. The molecule has 0 radical (unpaired) electrons. The topological polar surface area (TPSA) is 59.1 Å². The zero-order valence-electron chi connectivity index (χ0n) is 16.1. The van der Waals surface area contributed by atoms with Gasteiger partial charge in [0.15, 0.2) is 13.2 Å². The highest BCUT2D eigenvalue weighted by Gasteiger charge is 2.22. The van der Waals surface area contributed by atoms with Gasteiger partial charge >= 0.3 is 5.97 Å². The Labute approximate surface area is 179 Å². The van der Waals surface area contributed by atoms with E-state index >= 15 is 0 Å². The van der Waals surface area contributed by atoms with Crippen LogP contribution < -0.4 is 9.64 Å². The van der Waals surface area contributed by atoms with Gasteiger partial charge in [-0.2, -0.15) is 0 Å².